The molecule has 2 aliphatic rings. The molecule has 2 aromatic heterocycles. The molecule has 234 valence electrons. The second kappa shape index (κ2) is 12.8. The number of amides is 3. The number of nitrogens with one attached hydrogen (secondary N) is 1. The van der Waals surface area contributed by atoms with Gasteiger partial charge in [0.25, 0.3) is 11.8 Å². The molecule has 16 heteroatoms. The van der Waals surface area contributed by atoms with Crippen LogP contribution in [0.4, 0.5) is 15.9 Å². The van der Waals surface area contributed by atoms with Crippen molar-refractivity contribution in [3.05, 3.63) is 94.2 Å². The van der Waals surface area contributed by atoms with Crippen molar-refractivity contribution < 1.29 is 33.4 Å². The van der Waals surface area contributed by atoms with Crippen molar-refractivity contribution in [2.75, 3.05) is 36.5 Å². The number of rotatable bonds is 7. The van der Waals surface area contributed by atoms with Gasteiger partial charge in [-0.2, -0.15) is 4.68 Å². The van der Waals surface area contributed by atoms with Gasteiger partial charge >= 0.3 is 5.97 Å². The number of anilines is 2. The molecule has 6 rings (SSSR count). The van der Waals surface area contributed by atoms with Crippen molar-refractivity contribution in [2.24, 2.45) is 0 Å². The molecule has 1 unspecified atom stereocenters. The quantitative estimate of drug-likeness (QED) is 0.284. The van der Waals surface area contributed by atoms with E-state index in [-0.39, 0.29) is 53.9 Å². The monoisotopic (exact) mass is 646 g/mol. The van der Waals surface area contributed by atoms with E-state index in [0.29, 0.717) is 29.2 Å². The van der Waals surface area contributed by atoms with Crippen molar-refractivity contribution in [2.45, 2.75) is 12.5 Å². The summed E-state index contributed by atoms with van der Waals surface area (Å²) in [5.74, 6) is -3.04. The lowest BCUT2D eigenvalue weighted by Gasteiger charge is -2.38. The molecule has 14 nitrogen and oxygen atoms in total. The Morgan fingerprint density at radius 3 is 2.63 bits per heavy atom. The summed E-state index contributed by atoms with van der Waals surface area (Å²) < 4.78 is 21.7. The zero-order valence-corrected chi connectivity index (χ0v) is 24.6. The smallest absolute Gasteiger partial charge is 0.335 e. The Morgan fingerprint density at radius 1 is 1.11 bits per heavy atom. The highest BCUT2D eigenvalue weighted by molar-refractivity contribution is 6.31. The van der Waals surface area contributed by atoms with Crippen LogP contribution in [0, 0.1) is 5.82 Å². The zero-order valence-electron chi connectivity index (χ0n) is 23.8. The molecule has 46 heavy (non-hydrogen) atoms. The van der Waals surface area contributed by atoms with Crippen LogP contribution in [0.3, 0.4) is 0 Å². The molecule has 1 atom stereocenters. The number of hydrogen-bond acceptors (Lipinski definition) is 9. The summed E-state index contributed by atoms with van der Waals surface area (Å²) in [6.07, 6.45) is 5.35. The highest BCUT2D eigenvalue weighted by atomic mass is 35.5. The van der Waals surface area contributed by atoms with E-state index in [1.807, 2.05) is 0 Å². The summed E-state index contributed by atoms with van der Waals surface area (Å²) in [7, 11) is 0. The standard InChI is InChI=1S/C30H24ClFN8O6/c31-22-6-7-23(40-16-34-36-37-40)21(26(22)32)5-8-24(41)38-12-10-20-19(9-11-33-28(20)39-13-14-46-15-25(39)42)27(38)29(43)35-18-3-1-17(2-4-18)30(44)45/h1-9,11,16,27H,10,12-15H2,(H,35,43)(H,44,45). The molecular weight excluding hydrogens is 623 g/mol. The molecule has 3 amide bonds. The maximum atomic E-state index is 15.2. The average Bonchev–Trinajstić information content (AvgIpc) is 3.60. The van der Waals surface area contributed by atoms with Gasteiger partial charge in [-0.05, 0) is 71.0 Å². The molecule has 2 N–H and O–H groups in total. The van der Waals surface area contributed by atoms with Gasteiger partial charge in [-0.25, -0.2) is 14.2 Å². The summed E-state index contributed by atoms with van der Waals surface area (Å²) in [5.41, 5.74) is 1.57. The molecule has 0 spiro atoms. The summed E-state index contributed by atoms with van der Waals surface area (Å²) >= 11 is 6.03. The molecule has 2 aliphatic heterocycles. The van der Waals surface area contributed by atoms with Gasteiger partial charge in [0.2, 0.25) is 5.91 Å². The zero-order chi connectivity index (χ0) is 32.4. The van der Waals surface area contributed by atoms with Crippen LogP contribution in [0.25, 0.3) is 11.8 Å². The van der Waals surface area contributed by atoms with Crippen LogP contribution in [-0.4, -0.2) is 85.2 Å². The van der Waals surface area contributed by atoms with E-state index < -0.39 is 29.6 Å². The Balaban J connectivity index is 1.37. The fourth-order valence-corrected chi connectivity index (χ4v) is 5.54. The van der Waals surface area contributed by atoms with Crippen LogP contribution in [0.1, 0.15) is 33.1 Å². The van der Waals surface area contributed by atoms with Gasteiger partial charge in [-0.15, -0.1) is 5.10 Å². The predicted molar refractivity (Wildman–Crippen MR) is 161 cm³/mol. The van der Waals surface area contributed by atoms with Crippen LogP contribution in [-0.2, 0) is 25.5 Å². The number of carboxylic acid groups (broad SMARTS) is 1. The minimum Gasteiger partial charge on any atom is -0.478 e. The summed E-state index contributed by atoms with van der Waals surface area (Å²) in [5, 5.41) is 22.7. The van der Waals surface area contributed by atoms with Crippen molar-refractivity contribution >= 4 is 52.9 Å². The Hall–Kier alpha value is -5.54. The number of tetrazole rings is 1. The Morgan fingerprint density at radius 2 is 1.91 bits per heavy atom. The van der Waals surface area contributed by atoms with E-state index >= 15 is 4.39 Å². The SMILES string of the molecule is O=C(O)c1ccc(NC(=O)C2c3ccnc(N4CCOCC4=O)c3CCN2C(=O)C=Cc2c(-n3cnnn3)ccc(Cl)c2F)cc1. The lowest BCUT2D eigenvalue weighted by Crippen LogP contribution is -2.47. The molecule has 0 aliphatic carbocycles. The first-order chi connectivity index (χ1) is 22.2. The number of morpholine rings is 1. The fourth-order valence-electron chi connectivity index (χ4n) is 5.38. The van der Waals surface area contributed by atoms with Gasteiger partial charge < -0.3 is 20.1 Å². The molecule has 1 fully saturated rings. The number of carbonyl (C=O) groups is 4. The highest BCUT2D eigenvalue weighted by Crippen LogP contribution is 2.36. The number of halogens is 2. The second-order valence-corrected chi connectivity index (χ2v) is 10.6. The van der Waals surface area contributed by atoms with Gasteiger partial charge in [-0.1, -0.05) is 11.6 Å². The van der Waals surface area contributed by atoms with Crippen LogP contribution in [0.5, 0.6) is 0 Å². The molecule has 0 bridgehead atoms. The topological polar surface area (TPSA) is 173 Å². The van der Waals surface area contributed by atoms with E-state index in [4.69, 9.17) is 16.3 Å². The first kappa shape index (κ1) is 30.5. The Labute approximate surface area is 265 Å². The van der Waals surface area contributed by atoms with E-state index in [1.165, 1.54) is 69.5 Å². The largest absolute Gasteiger partial charge is 0.478 e. The molecule has 1 saturated heterocycles. The fraction of sp³-hybridized carbons (Fsp3) is 0.200. The molecule has 4 heterocycles. The lowest BCUT2D eigenvalue weighted by atomic mass is 9.92. The summed E-state index contributed by atoms with van der Waals surface area (Å²) in [4.78, 5) is 59.0. The Kier molecular flexibility index (Phi) is 8.50. The van der Waals surface area contributed by atoms with E-state index in [2.05, 4.69) is 25.8 Å². The van der Waals surface area contributed by atoms with Crippen molar-refractivity contribution in [3.8, 4) is 5.69 Å². The maximum Gasteiger partial charge on any atom is 0.335 e. The third-order valence-corrected chi connectivity index (χ3v) is 7.84. The number of pyridine rings is 1. The van der Waals surface area contributed by atoms with E-state index in [9.17, 15) is 24.3 Å². The normalized spacial score (nSPS) is 16.4. The molecule has 4 aromatic rings. The van der Waals surface area contributed by atoms with Crippen LogP contribution >= 0.6 is 11.6 Å². The Bertz CT molecular complexity index is 1870. The third-order valence-electron chi connectivity index (χ3n) is 7.55. The minimum absolute atomic E-state index is 0.0307. The van der Waals surface area contributed by atoms with Crippen LogP contribution in [0.15, 0.2) is 61.1 Å². The molecule has 2 aromatic carbocycles. The van der Waals surface area contributed by atoms with Gasteiger partial charge in [0.05, 0.1) is 29.4 Å². The lowest BCUT2D eigenvalue weighted by molar-refractivity contribution is -0.135. The van der Waals surface area contributed by atoms with Crippen molar-refractivity contribution in [1.29, 1.82) is 0 Å². The number of fused-ring (bicyclic) bond motifs is 1. The van der Waals surface area contributed by atoms with Crippen molar-refractivity contribution in [3.63, 3.8) is 0 Å². The second-order valence-electron chi connectivity index (χ2n) is 10.2. The van der Waals surface area contributed by atoms with Gasteiger partial charge in [0.1, 0.15) is 24.8 Å². The number of ether oxygens (including phenoxy) is 1. The average molecular weight is 647 g/mol. The number of hydrogen-bond donors (Lipinski definition) is 2. The molecule has 0 saturated carbocycles. The number of carboxylic acids is 1. The highest BCUT2D eigenvalue weighted by Gasteiger charge is 2.38. The summed E-state index contributed by atoms with van der Waals surface area (Å²) in [6, 6.07) is 8.80. The first-order valence-corrected chi connectivity index (χ1v) is 14.3. The molecule has 0 radical (unpaired) electrons. The van der Waals surface area contributed by atoms with Gasteiger partial charge in [-0.3, -0.25) is 19.3 Å². The summed E-state index contributed by atoms with van der Waals surface area (Å²) in [6.45, 7) is 0.537. The van der Waals surface area contributed by atoms with E-state index in [0.717, 1.165) is 6.08 Å². The van der Waals surface area contributed by atoms with Gasteiger partial charge in [0.15, 0.2) is 5.82 Å². The number of aromatic nitrogens is 5. The first-order valence-electron chi connectivity index (χ1n) is 13.9. The minimum atomic E-state index is -1.19. The number of nitrogens with zero attached hydrogens (tertiary/aromatic N) is 7. The maximum absolute atomic E-state index is 15.2. The van der Waals surface area contributed by atoms with Crippen LogP contribution in [0.2, 0.25) is 5.02 Å². The number of carbonyl (C=O) groups excluding carboxylic acids is 3. The molecular formula is C30H24ClFN8O6. The number of benzene rings is 2. The van der Waals surface area contributed by atoms with Gasteiger partial charge in [0, 0.05) is 35.6 Å². The van der Waals surface area contributed by atoms with Crippen molar-refractivity contribution in [1.82, 2.24) is 30.1 Å². The van der Waals surface area contributed by atoms with E-state index in [1.54, 1.807) is 6.07 Å². The van der Waals surface area contributed by atoms with Crippen LogP contribution < -0.4 is 10.2 Å². The third kappa shape index (κ3) is 5.92. The number of aromatic carboxylic acids is 1. The predicted octanol–water partition coefficient (Wildman–Crippen LogP) is 2.69.